The minimum absolute atomic E-state index is 0. The van der Waals surface area contributed by atoms with Crippen LogP contribution in [-0.4, -0.2) is 41.5 Å². The van der Waals surface area contributed by atoms with E-state index in [1.54, 1.807) is 0 Å². The van der Waals surface area contributed by atoms with Crippen LogP contribution in [0.15, 0.2) is 18.3 Å². The average Bonchev–Trinajstić information content (AvgIpc) is 2.49. The fraction of sp³-hybridized carbons (Fsp3) is 0.625. The summed E-state index contributed by atoms with van der Waals surface area (Å²) < 4.78 is 0. The zero-order valence-electron chi connectivity index (χ0n) is 13.3. The third-order valence-corrected chi connectivity index (χ3v) is 3.99. The lowest BCUT2D eigenvalue weighted by Gasteiger charge is -2.35. The highest BCUT2D eigenvalue weighted by atomic mass is 35.5. The van der Waals surface area contributed by atoms with Gasteiger partial charge in [0, 0.05) is 38.3 Å². The van der Waals surface area contributed by atoms with Crippen molar-refractivity contribution in [2.45, 2.75) is 45.2 Å². The van der Waals surface area contributed by atoms with Gasteiger partial charge in [-0.3, -0.25) is 14.7 Å². The van der Waals surface area contributed by atoms with Crippen LogP contribution < -0.4 is 11.1 Å². The Bertz CT molecular complexity index is 452. The molecule has 3 N–H and O–H groups in total. The number of hydrogen-bond donors (Lipinski definition) is 2. The van der Waals surface area contributed by atoms with Crippen molar-refractivity contribution in [3.05, 3.63) is 29.6 Å². The van der Waals surface area contributed by atoms with Gasteiger partial charge in [-0.2, -0.15) is 0 Å². The number of piperidine rings is 1. The molecule has 1 aliphatic rings. The molecule has 22 heavy (non-hydrogen) atoms. The normalized spacial score (nSPS) is 18.5. The largest absolute Gasteiger partial charge is 0.354 e. The molecule has 1 saturated heterocycles. The summed E-state index contributed by atoms with van der Waals surface area (Å²) in [5.74, 6) is 0.0523. The lowest BCUT2D eigenvalue weighted by molar-refractivity contribution is -0.121. The second kappa shape index (κ2) is 9.77. The molecule has 1 aromatic rings. The quantitative estimate of drug-likeness (QED) is 0.833. The molecule has 1 aromatic heterocycles. The standard InChI is InChI=1S/C16H26N4O.ClH/c1-13-5-6-14(18-10-13)12-20-9-3-2-4-15(20)11-19-16(21)7-8-17;/h5-6,10,15H,2-4,7-9,11-12,17H2,1H3,(H,19,21);1H. The predicted octanol–water partition coefficient (Wildman–Crippen LogP) is 1.63. The van der Waals surface area contributed by atoms with Crippen LogP contribution >= 0.6 is 12.4 Å². The van der Waals surface area contributed by atoms with E-state index in [-0.39, 0.29) is 18.3 Å². The fourth-order valence-corrected chi connectivity index (χ4v) is 2.75. The van der Waals surface area contributed by atoms with Crippen LogP contribution in [0.25, 0.3) is 0 Å². The number of carbonyl (C=O) groups excluding carboxylic acids is 1. The van der Waals surface area contributed by atoms with Crippen molar-refractivity contribution in [1.29, 1.82) is 0 Å². The van der Waals surface area contributed by atoms with Crippen molar-refractivity contribution in [1.82, 2.24) is 15.2 Å². The second-order valence-electron chi connectivity index (χ2n) is 5.79. The molecular formula is C16H27ClN4O. The Balaban J connectivity index is 0.00000242. The number of nitrogens with zero attached hydrogens (tertiary/aromatic N) is 2. The molecule has 0 spiro atoms. The summed E-state index contributed by atoms with van der Waals surface area (Å²) in [4.78, 5) is 18.5. The number of likely N-dealkylation sites (tertiary alicyclic amines) is 1. The van der Waals surface area contributed by atoms with Gasteiger partial charge in [-0.05, 0) is 37.9 Å². The number of carbonyl (C=O) groups is 1. The van der Waals surface area contributed by atoms with Gasteiger partial charge in [-0.1, -0.05) is 12.5 Å². The van der Waals surface area contributed by atoms with E-state index in [4.69, 9.17) is 5.73 Å². The Morgan fingerprint density at radius 1 is 1.45 bits per heavy atom. The summed E-state index contributed by atoms with van der Waals surface area (Å²) in [5, 5.41) is 3.00. The molecule has 0 saturated carbocycles. The summed E-state index contributed by atoms with van der Waals surface area (Å²) in [5.41, 5.74) is 7.68. The van der Waals surface area contributed by atoms with Gasteiger partial charge >= 0.3 is 0 Å². The highest BCUT2D eigenvalue weighted by Gasteiger charge is 2.23. The zero-order valence-corrected chi connectivity index (χ0v) is 14.1. The molecule has 2 heterocycles. The number of aromatic nitrogens is 1. The molecule has 1 aliphatic heterocycles. The van der Waals surface area contributed by atoms with Gasteiger partial charge in [-0.15, -0.1) is 12.4 Å². The molecule has 1 fully saturated rings. The van der Waals surface area contributed by atoms with E-state index in [1.807, 2.05) is 13.1 Å². The summed E-state index contributed by atoms with van der Waals surface area (Å²) >= 11 is 0. The molecule has 5 nitrogen and oxygen atoms in total. The Labute approximate surface area is 139 Å². The zero-order chi connectivity index (χ0) is 15.1. The average molecular weight is 327 g/mol. The van der Waals surface area contributed by atoms with Gasteiger partial charge in [-0.25, -0.2) is 0 Å². The Hall–Kier alpha value is -1.17. The van der Waals surface area contributed by atoms with Crippen molar-refractivity contribution in [3.63, 3.8) is 0 Å². The molecule has 124 valence electrons. The number of hydrogen-bond acceptors (Lipinski definition) is 4. The third-order valence-electron chi connectivity index (χ3n) is 3.99. The first-order valence-corrected chi connectivity index (χ1v) is 7.81. The lowest BCUT2D eigenvalue weighted by Crippen LogP contribution is -2.46. The molecule has 2 rings (SSSR count). The molecular weight excluding hydrogens is 300 g/mol. The van der Waals surface area contributed by atoms with Crippen molar-refractivity contribution in [2.75, 3.05) is 19.6 Å². The molecule has 0 aliphatic carbocycles. The highest BCUT2D eigenvalue weighted by molar-refractivity contribution is 5.85. The predicted molar refractivity (Wildman–Crippen MR) is 91.0 cm³/mol. The maximum atomic E-state index is 11.6. The molecule has 6 heteroatoms. The monoisotopic (exact) mass is 326 g/mol. The Morgan fingerprint density at radius 3 is 2.95 bits per heavy atom. The van der Waals surface area contributed by atoms with Crippen molar-refractivity contribution >= 4 is 18.3 Å². The SMILES string of the molecule is Cc1ccc(CN2CCCCC2CNC(=O)CCN)nc1.Cl. The molecule has 0 radical (unpaired) electrons. The maximum Gasteiger partial charge on any atom is 0.221 e. The van der Waals surface area contributed by atoms with Gasteiger partial charge in [0.15, 0.2) is 0 Å². The van der Waals surface area contributed by atoms with Crippen molar-refractivity contribution in [2.24, 2.45) is 5.73 Å². The third kappa shape index (κ3) is 5.91. The van der Waals surface area contributed by atoms with E-state index in [0.717, 1.165) is 25.2 Å². The number of amides is 1. The van der Waals surface area contributed by atoms with Crippen LogP contribution in [0.3, 0.4) is 0 Å². The van der Waals surface area contributed by atoms with Crippen molar-refractivity contribution < 1.29 is 4.79 Å². The maximum absolute atomic E-state index is 11.6. The first-order chi connectivity index (χ1) is 10.2. The van der Waals surface area contributed by atoms with Gasteiger partial charge in [0.25, 0.3) is 0 Å². The minimum atomic E-state index is 0. The summed E-state index contributed by atoms with van der Waals surface area (Å²) in [6.07, 6.45) is 5.91. The first kappa shape index (κ1) is 18.9. The molecule has 0 bridgehead atoms. The van der Waals surface area contributed by atoms with E-state index in [1.165, 1.54) is 18.4 Å². The molecule has 1 amide bonds. The van der Waals surface area contributed by atoms with Crippen LogP contribution in [0.2, 0.25) is 0 Å². The number of aryl methyl sites for hydroxylation is 1. The number of halogens is 1. The summed E-state index contributed by atoms with van der Waals surface area (Å²) in [6, 6.07) is 4.60. The first-order valence-electron chi connectivity index (χ1n) is 7.81. The molecule has 0 aromatic carbocycles. The highest BCUT2D eigenvalue weighted by Crippen LogP contribution is 2.18. The van der Waals surface area contributed by atoms with E-state index in [9.17, 15) is 4.79 Å². The Kier molecular flexibility index (Phi) is 8.38. The van der Waals surface area contributed by atoms with Gasteiger partial charge < -0.3 is 11.1 Å². The number of nitrogens with one attached hydrogen (secondary N) is 1. The lowest BCUT2D eigenvalue weighted by atomic mass is 10.0. The number of pyridine rings is 1. The number of rotatable bonds is 6. The van der Waals surface area contributed by atoms with Gasteiger partial charge in [0.05, 0.1) is 5.69 Å². The number of nitrogens with two attached hydrogens (primary N) is 1. The van der Waals surface area contributed by atoms with E-state index in [0.29, 0.717) is 25.6 Å². The minimum Gasteiger partial charge on any atom is -0.354 e. The topological polar surface area (TPSA) is 71.2 Å². The van der Waals surface area contributed by atoms with Crippen LogP contribution in [0.5, 0.6) is 0 Å². The van der Waals surface area contributed by atoms with E-state index >= 15 is 0 Å². The van der Waals surface area contributed by atoms with Crippen molar-refractivity contribution in [3.8, 4) is 0 Å². The molecule has 1 unspecified atom stereocenters. The smallest absolute Gasteiger partial charge is 0.221 e. The fourth-order valence-electron chi connectivity index (χ4n) is 2.75. The van der Waals surface area contributed by atoms with Crippen LogP contribution in [0, 0.1) is 6.92 Å². The summed E-state index contributed by atoms with van der Waals surface area (Å²) in [7, 11) is 0. The molecule has 1 atom stereocenters. The van der Waals surface area contributed by atoms with E-state index in [2.05, 4.69) is 27.3 Å². The van der Waals surface area contributed by atoms with Crippen LogP contribution in [0.1, 0.15) is 36.9 Å². The van der Waals surface area contributed by atoms with Crippen LogP contribution in [0.4, 0.5) is 0 Å². The van der Waals surface area contributed by atoms with Gasteiger partial charge in [0.1, 0.15) is 0 Å². The second-order valence-corrected chi connectivity index (χ2v) is 5.79. The van der Waals surface area contributed by atoms with Gasteiger partial charge in [0.2, 0.25) is 5.91 Å². The summed E-state index contributed by atoms with van der Waals surface area (Å²) in [6.45, 7) is 5.11. The van der Waals surface area contributed by atoms with Crippen LogP contribution in [-0.2, 0) is 11.3 Å². The Morgan fingerprint density at radius 2 is 2.27 bits per heavy atom. The van der Waals surface area contributed by atoms with E-state index < -0.39 is 0 Å².